The van der Waals surface area contributed by atoms with Gasteiger partial charge in [-0.1, -0.05) is 0 Å². The molecule has 0 aliphatic rings. The van der Waals surface area contributed by atoms with E-state index in [2.05, 4.69) is 5.32 Å². The Labute approximate surface area is 126 Å². The molecule has 0 unspecified atom stereocenters. The van der Waals surface area contributed by atoms with Crippen LogP contribution in [0.25, 0.3) is 0 Å². The van der Waals surface area contributed by atoms with Crippen LogP contribution >= 0.6 is 10.7 Å². The van der Waals surface area contributed by atoms with Gasteiger partial charge in [0.15, 0.2) is 6.61 Å². The van der Waals surface area contributed by atoms with Crippen LogP contribution in [0.3, 0.4) is 0 Å². The third-order valence-electron chi connectivity index (χ3n) is 2.26. The predicted octanol–water partition coefficient (Wildman–Crippen LogP) is 1.22. The molecule has 0 saturated heterocycles. The lowest BCUT2D eigenvalue weighted by atomic mass is 10.2. The molecule has 0 spiro atoms. The number of carboxylic acid groups (broad SMARTS) is 1. The zero-order chi connectivity index (χ0) is 16.2. The molecular formula is C12H14ClNO6S. The maximum Gasteiger partial charge on any atom is 0.335 e. The number of nitrogens with one attached hydrogen (secondary N) is 1. The summed E-state index contributed by atoms with van der Waals surface area (Å²) in [4.78, 5) is 21.8. The molecule has 7 nitrogen and oxygen atoms in total. The minimum Gasteiger partial charge on any atom is -0.482 e. The summed E-state index contributed by atoms with van der Waals surface area (Å²) < 4.78 is 28.0. The van der Waals surface area contributed by atoms with Gasteiger partial charge in [0.25, 0.3) is 15.0 Å². The zero-order valence-corrected chi connectivity index (χ0v) is 12.9. The second-order valence-electron chi connectivity index (χ2n) is 4.42. The highest BCUT2D eigenvalue weighted by molar-refractivity contribution is 8.13. The molecule has 116 valence electrons. The van der Waals surface area contributed by atoms with Crippen molar-refractivity contribution in [2.45, 2.75) is 24.8 Å². The van der Waals surface area contributed by atoms with Crippen LogP contribution < -0.4 is 10.1 Å². The van der Waals surface area contributed by atoms with E-state index in [0.717, 1.165) is 18.2 Å². The number of carbonyl (C=O) groups is 2. The Morgan fingerprint density at radius 1 is 1.38 bits per heavy atom. The molecule has 0 heterocycles. The average Bonchev–Trinajstić information content (AvgIpc) is 2.34. The number of halogens is 1. The first-order chi connectivity index (χ1) is 9.61. The Bertz CT molecular complexity index is 656. The van der Waals surface area contributed by atoms with Gasteiger partial charge in [0, 0.05) is 16.7 Å². The highest BCUT2D eigenvalue weighted by atomic mass is 35.7. The van der Waals surface area contributed by atoms with Gasteiger partial charge in [-0.05, 0) is 32.0 Å². The third-order valence-corrected chi connectivity index (χ3v) is 3.60. The van der Waals surface area contributed by atoms with Crippen LogP contribution in [0.15, 0.2) is 23.1 Å². The summed E-state index contributed by atoms with van der Waals surface area (Å²) in [5.41, 5.74) is -0.256. The Morgan fingerprint density at radius 3 is 2.48 bits per heavy atom. The van der Waals surface area contributed by atoms with Gasteiger partial charge in [-0.2, -0.15) is 0 Å². The molecule has 1 amide bonds. The fourth-order valence-electron chi connectivity index (χ4n) is 1.46. The predicted molar refractivity (Wildman–Crippen MR) is 75.2 cm³/mol. The quantitative estimate of drug-likeness (QED) is 0.756. The van der Waals surface area contributed by atoms with E-state index in [1.54, 1.807) is 13.8 Å². The Kier molecular flexibility index (Phi) is 5.56. The van der Waals surface area contributed by atoms with Crippen molar-refractivity contribution in [3.05, 3.63) is 23.8 Å². The number of amides is 1. The van der Waals surface area contributed by atoms with Gasteiger partial charge >= 0.3 is 5.97 Å². The Hall–Kier alpha value is -1.80. The summed E-state index contributed by atoms with van der Waals surface area (Å²) in [5.74, 6) is -1.93. The second kappa shape index (κ2) is 6.77. The van der Waals surface area contributed by atoms with Crippen molar-refractivity contribution in [1.82, 2.24) is 5.32 Å². The van der Waals surface area contributed by atoms with Crippen LogP contribution in [0, 0.1) is 0 Å². The molecule has 0 aliphatic heterocycles. The molecule has 9 heteroatoms. The first kappa shape index (κ1) is 17.3. The monoisotopic (exact) mass is 335 g/mol. The van der Waals surface area contributed by atoms with E-state index >= 15 is 0 Å². The standard InChI is InChI=1S/C12H14ClNO6S/c1-7(2)14-11(15)6-20-9-4-3-8(12(16)17)5-10(9)21(13,18)19/h3-5,7H,6H2,1-2H3,(H,14,15)(H,16,17). The van der Waals surface area contributed by atoms with Crippen molar-refractivity contribution in [1.29, 1.82) is 0 Å². The van der Waals surface area contributed by atoms with Crippen LogP contribution in [-0.4, -0.2) is 38.0 Å². The fourth-order valence-corrected chi connectivity index (χ4v) is 2.45. The van der Waals surface area contributed by atoms with Gasteiger partial charge in [-0.3, -0.25) is 4.79 Å². The second-order valence-corrected chi connectivity index (χ2v) is 6.95. The summed E-state index contributed by atoms with van der Waals surface area (Å²) in [7, 11) is 1.03. The zero-order valence-electron chi connectivity index (χ0n) is 11.3. The maximum absolute atomic E-state index is 11.5. The molecular weight excluding hydrogens is 322 g/mol. The van der Waals surface area contributed by atoms with Crippen molar-refractivity contribution < 1.29 is 27.9 Å². The van der Waals surface area contributed by atoms with E-state index in [-0.39, 0.29) is 17.4 Å². The van der Waals surface area contributed by atoms with Crippen LogP contribution in [0.1, 0.15) is 24.2 Å². The van der Waals surface area contributed by atoms with E-state index < -0.39 is 32.4 Å². The highest BCUT2D eigenvalue weighted by Gasteiger charge is 2.20. The van der Waals surface area contributed by atoms with Gasteiger partial charge in [-0.15, -0.1) is 0 Å². The smallest absolute Gasteiger partial charge is 0.335 e. The fraction of sp³-hybridized carbons (Fsp3) is 0.333. The van der Waals surface area contributed by atoms with E-state index in [1.807, 2.05) is 0 Å². The van der Waals surface area contributed by atoms with Gasteiger partial charge in [0.1, 0.15) is 10.6 Å². The number of hydrogen-bond acceptors (Lipinski definition) is 5. The molecule has 0 bridgehead atoms. The molecule has 21 heavy (non-hydrogen) atoms. The molecule has 0 fully saturated rings. The molecule has 1 aromatic rings. The van der Waals surface area contributed by atoms with E-state index in [4.69, 9.17) is 20.5 Å². The minimum absolute atomic E-state index is 0.0910. The molecule has 1 aromatic carbocycles. The van der Waals surface area contributed by atoms with Gasteiger partial charge in [0.2, 0.25) is 0 Å². The van der Waals surface area contributed by atoms with Crippen LogP contribution in [-0.2, 0) is 13.8 Å². The number of aromatic carboxylic acids is 1. The van der Waals surface area contributed by atoms with E-state index in [9.17, 15) is 18.0 Å². The number of carboxylic acids is 1. The van der Waals surface area contributed by atoms with Crippen LogP contribution in [0.4, 0.5) is 0 Å². The number of ether oxygens (including phenoxy) is 1. The topological polar surface area (TPSA) is 110 Å². The van der Waals surface area contributed by atoms with E-state index in [1.165, 1.54) is 0 Å². The van der Waals surface area contributed by atoms with E-state index in [0.29, 0.717) is 0 Å². The molecule has 0 aliphatic carbocycles. The first-order valence-corrected chi connectivity index (χ1v) is 8.16. The molecule has 0 atom stereocenters. The number of hydrogen-bond donors (Lipinski definition) is 2. The SMILES string of the molecule is CC(C)NC(=O)COc1ccc(C(=O)O)cc1S(=O)(=O)Cl. The minimum atomic E-state index is -4.21. The lowest BCUT2D eigenvalue weighted by Gasteiger charge is -2.12. The lowest BCUT2D eigenvalue weighted by molar-refractivity contribution is -0.123. The van der Waals surface area contributed by atoms with Gasteiger partial charge < -0.3 is 15.2 Å². The third kappa shape index (κ3) is 5.24. The number of benzene rings is 1. The normalized spacial score (nSPS) is 11.2. The summed E-state index contributed by atoms with van der Waals surface area (Å²) in [6.45, 7) is 3.10. The molecule has 0 aromatic heterocycles. The largest absolute Gasteiger partial charge is 0.482 e. The van der Waals surface area contributed by atoms with Crippen molar-refractivity contribution in [2.24, 2.45) is 0 Å². The molecule has 1 rings (SSSR count). The Morgan fingerprint density at radius 2 is 2.00 bits per heavy atom. The van der Waals surface area contributed by atoms with Crippen molar-refractivity contribution in [3.63, 3.8) is 0 Å². The first-order valence-electron chi connectivity index (χ1n) is 5.85. The average molecular weight is 336 g/mol. The van der Waals surface area contributed by atoms with Gasteiger partial charge in [0.05, 0.1) is 5.56 Å². The van der Waals surface area contributed by atoms with Crippen LogP contribution in [0.5, 0.6) is 5.75 Å². The van der Waals surface area contributed by atoms with Crippen LogP contribution in [0.2, 0.25) is 0 Å². The summed E-state index contributed by atoms with van der Waals surface area (Å²) in [6, 6.07) is 3.08. The van der Waals surface area contributed by atoms with Crippen molar-refractivity contribution >= 4 is 31.6 Å². The van der Waals surface area contributed by atoms with Crippen molar-refractivity contribution in [3.8, 4) is 5.75 Å². The lowest BCUT2D eigenvalue weighted by Crippen LogP contribution is -2.34. The highest BCUT2D eigenvalue weighted by Crippen LogP contribution is 2.28. The van der Waals surface area contributed by atoms with Crippen molar-refractivity contribution in [2.75, 3.05) is 6.61 Å². The maximum atomic E-state index is 11.5. The van der Waals surface area contributed by atoms with Gasteiger partial charge in [-0.25, -0.2) is 13.2 Å². The Balaban J connectivity index is 3.02. The molecule has 2 N–H and O–H groups in total. The molecule has 0 saturated carbocycles. The number of rotatable bonds is 6. The summed E-state index contributed by atoms with van der Waals surface area (Å²) >= 11 is 0. The number of carbonyl (C=O) groups excluding carboxylic acids is 1. The summed E-state index contributed by atoms with van der Waals surface area (Å²) in [5, 5.41) is 11.4. The molecule has 0 radical (unpaired) electrons. The summed E-state index contributed by atoms with van der Waals surface area (Å²) in [6.07, 6.45) is 0.